The van der Waals surface area contributed by atoms with Gasteiger partial charge in [-0.2, -0.15) is 0 Å². The highest BCUT2D eigenvalue weighted by Gasteiger charge is 2.17. The maximum Gasteiger partial charge on any atom is 0.341 e. The standard InChI is InChI=1S/C20H23NO4/c1-14(2)18(15-7-4-3-5-8-15)12-21-20(24)16-9-6-10-17(11-16)25-13-19(22)23/h3-11,14,18H,12-13H2,1-2H3,(H,21,24)(H,22,23). The van der Waals surface area contributed by atoms with Crippen molar-refractivity contribution in [1.29, 1.82) is 0 Å². The molecule has 2 N–H and O–H groups in total. The highest BCUT2D eigenvalue weighted by Crippen LogP contribution is 2.23. The summed E-state index contributed by atoms with van der Waals surface area (Å²) in [6.07, 6.45) is 0. The molecule has 2 aromatic carbocycles. The van der Waals surface area contributed by atoms with E-state index in [-0.39, 0.29) is 11.8 Å². The Morgan fingerprint density at radius 2 is 1.80 bits per heavy atom. The third kappa shape index (κ3) is 5.64. The number of amides is 1. The van der Waals surface area contributed by atoms with Crippen LogP contribution < -0.4 is 10.1 Å². The Morgan fingerprint density at radius 1 is 1.08 bits per heavy atom. The molecule has 5 nitrogen and oxygen atoms in total. The van der Waals surface area contributed by atoms with Crippen LogP contribution in [0.1, 0.15) is 35.7 Å². The number of carbonyl (C=O) groups is 2. The summed E-state index contributed by atoms with van der Waals surface area (Å²) in [4.78, 5) is 23.0. The van der Waals surface area contributed by atoms with Gasteiger partial charge >= 0.3 is 5.97 Å². The van der Waals surface area contributed by atoms with E-state index < -0.39 is 12.6 Å². The molecule has 0 fully saturated rings. The first-order valence-corrected chi connectivity index (χ1v) is 8.25. The van der Waals surface area contributed by atoms with Gasteiger partial charge in [0, 0.05) is 18.0 Å². The Morgan fingerprint density at radius 3 is 2.44 bits per heavy atom. The van der Waals surface area contributed by atoms with E-state index >= 15 is 0 Å². The molecule has 1 atom stereocenters. The SMILES string of the molecule is CC(C)C(CNC(=O)c1cccc(OCC(=O)O)c1)c1ccccc1. The summed E-state index contributed by atoms with van der Waals surface area (Å²) >= 11 is 0. The van der Waals surface area contributed by atoms with Gasteiger partial charge in [0.15, 0.2) is 6.61 Å². The van der Waals surface area contributed by atoms with Crippen molar-refractivity contribution in [2.45, 2.75) is 19.8 Å². The summed E-state index contributed by atoms with van der Waals surface area (Å²) in [6, 6.07) is 16.6. The van der Waals surface area contributed by atoms with Crippen LogP contribution in [0, 0.1) is 5.92 Å². The molecular weight excluding hydrogens is 318 g/mol. The number of ether oxygens (including phenoxy) is 1. The second-order valence-corrected chi connectivity index (χ2v) is 6.18. The minimum Gasteiger partial charge on any atom is -0.482 e. The fourth-order valence-corrected chi connectivity index (χ4v) is 2.62. The Hall–Kier alpha value is -2.82. The van der Waals surface area contributed by atoms with Gasteiger partial charge in [0.2, 0.25) is 0 Å². The molecule has 0 aromatic heterocycles. The van der Waals surface area contributed by atoms with Gasteiger partial charge in [0.05, 0.1) is 0 Å². The van der Waals surface area contributed by atoms with E-state index in [1.54, 1.807) is 24.3 Å². The van der Waals surface area contributed by atoms with Crippen molar-refractivity contribution in [3.63, 3.8) is 0 Å². The summed E-state index contributed by atoms with van der Waals surface area (Å²) in [5.41, 5.74) is 1.63. The van der Waals surface area contributed by atoms with Gasteiger partial charge in [-0.15, -0.1) is 0 Å². The fraction of sp³-hybridized carbons (Fsp3) is 0.300. The molecular formula is C20H23NO4. The van der Waals surface area contributed by atoms with E-state index in [0.717, 1.165) is 0 Å². The van der Waals surface area contributed by atoms with Gasteiger partial charge in [-0.05, 0) is 29.7 Å². The number of benzene rings is 2. The minimum absolute atomic E-state index is 0.206. The number of aliphatic carboxylic acids is 1. The first-order chi connectivity index (χ1) is 12.0. The molecule has 25 heavy (non-hydrogen) atoms. The van der Waals surface area contributed by atoms with Crippen molar-refractivity contribution in [2.24, 2.45) is 5.92 Å². The molecule has 132 valence electrons. The van der Waals surface area contributed by atoms with Crippen LogP contribution in [0.3, 0.4) is 0 Å². The van der Waals surface area contributed by atoms with Gasteiger partial charge in [-0.25, -0.2) is 4.79 Å². The van der Waals surface area contributed by atoms with Crippen molar-refractivity contribution in [3.8, 4) is 5.75 Å². The zero-order chi connectivity index (χ0) is 18.2. The summed E-state index contributed by atoms with van der Waals surface area (Å²) in [6.45, 7) is 4.35. The first kappa shape index (κ1) is 18.5. The topological polar surface area (TPSA) is 75.6 Å². The lowest BCUT2D eigenvalue weighted by Gasteiger charge is -2.22. The van der Waals surface area contributed by atoms with Crippen LogP contribution in [0.4, 0.5) is 0 Å². The maximum absolute atomic E-state index is 12.4. The van der Waals surface area contributed by atoms with Crippen LogP contribution in [0.5, 0.6) is 5.75 Å². The lowest BCUT2D eigenvalue weighted by Crippen LogP contribution is -2.30. The number of nitrogens with one attached hydrogen (secondary N) is 1. The lowest BCUT2D eigenvalue weighted by atomic mass is 9.88. The van der Waals surface area contributed by atoms with Crippen molar-refractivity contribution < 1.29 is 19.4 Å². The molecule has 1 unspecified atom stereocenters. The highest BCUT2D eigenvalue weighted by molar-refractivity contribution is 5.94. The third-order valence-electron chi connectivity index (χ3n) is 3.97. The summed E-state index contributed by atoms with van der Waals surface area (Å²) in [5.74, 6) is -0.303. The average molecular weight is 341 g/mol. The van der Waals surface area contributed by atoms with Crippen molar-refractivity contribution in [3.05, 3.63) is 65.7 Å². The highest BCUT2D eigenvalue weighted by atomic mass is 16.5. The Labute approximate surface area is 147 Å². The first-order valence-electron chi connectivity index (χ1n) is 8.25. The number of hydrogen-bond acceptors (Lipinski definition) is 3. The van der Waals surface area contributed by atoms with Crippen LogP contribution in [-0.4, -0.2) is 30.1 Å². The van der Waals surface area contributed by atoms with Gasteiger partial charge in [-0.1, -0.05) is 50.2 Å². The van der Waals surface area contributed by atoms with Crippen LogP contribution in [0.25, 0.3) is 0 Å². The van der Waals surface area contributed by atoms with Crippen LogP contribution in [0.15, 0.2) is 54.6 Å². The predicted octanol–water partition coefficient (Wildman–Crippen LogP) is 3.32. The van der Waals surface area contributed by atoms with Crippen LogP contribution in [0.2, 0.25) is 0 Å². The normalized spacial score (nSPS) is 11.8. The van der Waals surface area contributed by atoms with Crippen LogP contribution >= 0.6 is 0 Å². The van der Waals surface area contributed by atoms with Crippen molar-refractivity contribution >= 4 is 11.9 Å². The van der Waals surface area contributed by atoms with E-state index in [2.05, 4.69) is 31.3 Å². The zero-order valence-corrected chi connectivity index (χ0v) is 14.4. The second kappa shape index (κ2) is 8.87. The van der Waals surface area contributed by atoms with Gasteiger partial charge < -0.3 is 15.2 Å². The van der Waals surface area contributed by atoms with E-state index in [9.17, 15) is 9.59 Å². The van der Waals surface area contributed by atoms with E-state index in [0.29, 0.717) is 23.8 Å². The molecule has 0 radical (unpaired) electrons. The van der Waals surface area contributed by atoms with E-state index in [1.165, 1.54) is 5.56 Å². The number of hydrogen-bond donors (Lipinski definition) is 2. The second-order valence-electron chi connectivity index (χ2n) is 6.18. The molecule has 0 heterocycles. The summed E-state index contributed by atoms with van der Waals surface area (Å²) < 4.78 is 5.11. The smallest absolute Gasteiger partial charge is 0.341 e. The van der Waals surface area contributed by atoms with Gasteiger partial charge in [0.1, 0.15) is 5.75 Å². The van der Waals surface area contributed by atoms with Crippen molar-refractivity contribution in [1.82, 2.24) is 5.32 Å². The predicted molar refractivity (Wildman–Crippen MR) is 95.9 cm³/mol. The monoisotopic (exact) mass is 341 g/mol. The Kier molecular flexibility index (Phi) is 6.57. The minimum atomic E-state index is -1.06. The summed E-state index contributed by atoms with van der Waals surface area (Å²) in [7, 11) is 0. The number of rotatable bonds is 8. The number of carboxylic acids is 1. The Balaban J connectivity index is 2.01. The largest absolute Gasteiger partial charge is 0.482 e. The molecule has 2 rings (SSSR count). The molecule has 0 aliphatic heterocycles. The van der Waals surface area contributed by atoms with Gasteiger partial charge in [-0.3, -0.25) is 4.79 Å². The molecule has 0 saturated carbocycles. The molecule has 5 heteroatoms. The lowest BCUT2D eigenvalue weighted by molar-refractivity contribution is -0.139. The van der Waals surface area contributed by atoms with E-state index in [1.807, 2.05) is 18.2 Å². The quantitative estimate of drug-likeness (QED) is 0.772. The molecule has 0 spiro atoms. The number of carboxylic acid groups (broad SMARTS) is 1. The molecule has 0 saturated heterocycles. The molecule has 2 aromatic rings. The fourth-order valence-electron chi connectivity index (χ4n) is 2.62. The van der Waals surface area contributed by atoms with Gasteiger partial charge in [0.25, 0.3) is 5.91 Å². The molecule has 1 amide bonds. The van der Waals surface area contributed by atoms with E-state index in [4.69, 9.17) is 9.84 Å². The molecule has 0 aliphatic rings. The molecule has 0 aliphatic carbocycles. The van der Waals surface area contributed by atoms with Crippen molar-refractivity contribution in [2.75, 3.05) is 13.2 Å². The summed E-state index contributed by atoms with van der Waals surface area (Å²) in [5, 5.41) is 11.6. The van der Waals surface area contributed by atoms with Crippen LogP contribution in [-0.2, 0) is 4.79 Å². The zero-order valence-electron chi connectivity index (χ0n) is 14.4. The average Bonchev–Trinajstić information content (AvgIpc) is 2.61. The molecule has 0 bridgehead atoms. The third-order valence-corrected chi connectivity index (χ3v) is 3.97. The maximum atomic E-state index is 12.4. The Bertz CT molecular complexity index is 713. The number of carbonyl (C=O) groups excluding carboxylic acids is 1.